The van der Waals surface area contributed by atoms with Crippen molar-refractivity contribution in [1.29, 1.82) is 0 Å². The third-order valence-corrected chi connectivity index (χ3v) is 7.91. The van der Waals surface area contributed by atoms with Gasteiger partial charge in [0.2, 0.25) is 0 Å². The fraction of sp³-hybridized carbons (Fsp3) is 0.600. The average molecular weight is 352 g/mol. The lowest BCUT2D eigenvalue weighted by Crippen LogP contribution is -2.41. The topological polar surface area (TPSA) is 119 Å². The van der Waals surface area contributed by atoms with Crippen LogP contribution in [0.5, 0.6) is 0 Å². The molecule has 2 heterocycles. The number of nitro groups is 1. The van der Waals surface area contributed by atoms with E-state index in [4.69, 9.17) is 5.84 Å². The number of nitrogen functional groups attached to an aromatic ring is 1. The van der Waals surface area contributed by atoms with Crippen LogP contribution in [0.25, 0.3) is 0 Å². The summed E-state index contributed by atoms with van der Waals surface area (Å²) in [7, 11) is -3.71. The maximum atomic E-state index is 12.6. The number of nitrogens with two attached hydrogens (primary N) is 1. The van der Waals surface area contributed by atoms with Gasteiger partial charge < -0.3 is 5.43 Å². The zero-order valence-corrected chi connectivity index (χ0v) is 13.8. The lowest BCUT2D eigenvalue weighted by molar-refractivity contribution is -0.383. The maximum Gasteiger partial charge on any atom is 0.306 e. The van der Waals surface area contributed by atoms with Crippen LogP contribution < -0.4 is 11.3 Å². The van der Waals surface area contributed by atoms with Gasteiger partial charge in [-0.2, -0.15) is 16.1 Å². The van der Waals surface area contributed by atoms with Crippen LogP contribution in [0.2, 0.25) is 0 Å². The quantitative estimate of drug-likeness (QED) is 0.468. The van der Waals surface area contributed by atoms with Gasteiger partial charge in [0.1, 0.15) is 4.21 Å². The average Bonchev–Trinajstić information content (AvgIpc) is 2.92. The molecule has 8 nitrogen and oxygen atoms in total. The number of nitrogens with zero attached hydrogens (tertiary/aromatic N) is 2. The first-order valence-electron chi connectivity index (χ1n) is 6.26. The fourth-order valence-electron chi connectivity index (χ4n) is 2.01. The monoisotopic (exact) mass is 352 g/mol. The maximum absolute atomic E-state index is 12.6. The Labute approximate surface area is 130 Å². The van der Waals surface area contributed by atoms with E-state index in [-0.39, 0.29) is 20.1 Å². The third kappa shape index (κ3) is 3.31. The van der Waals surface area contributed by atoms with Crippen LogP contribution in [0.15, 0.2) is 10.3 Å². The number of rotatable bonds is 5. The Morgan fingerprint density at radius 2 is 2.33 bits per heavy atom. The summed E-state index contributed by atoms with van der Waals surface area (Å²) in [6.45, 7) is 2.86. The van der Waals surface area contributed by atoms with E-state index >= 15 is 0 Å². The van der Waals surface area contributed by atoms with Gasteiger partial charge in [-0.15, -0.1) is 0 Å². The Morgan fingerprint density at radius 1 is 1.62 bits per heavy atom. The Balaban J connectivity index is 2.33. The van der Waals surface area contributed by atoms with Crippen molar-refractivity contribution >= 4 is 43.8 Å². The van der Waals surface area contributed by atoms with E-state index < -0.39 is 14.9 Å². The van der Waals surface area contributed by atoms with Crippen molar-refractivity contribution in [3.8, 4) is 0 Å². The molecule has 0 aliphatic carbocycles. The molecule has 1 aliphatic rings. The van der Waals surface area contributed by atoms with Crippen molar-refractivity contribution in [1.82, 2.24) is 4.31 Å². The normalized spacial score (nSPS) is 20.4. The van der Waals surface area contributed by atoms with E-state index in [1.165, 1.54) is 4.31 Å². The first kappa shape index (κ1) is 16.5. The molecule has 118 valence electrons. The van der Waals surface area contributed by atoms with Gasteiger partial charge in [0.25, 0.3) is 10.0 Å². The van der Waals surface area contributed by atoms with Gasteiger partial charge in [0.05, 0.1) is 4.92 Å². The second kappa shape index (κ2) is 6.48. The predicted molar refractivity (Wildman–Crippen MR) is 84.1 cm³/mol. The summed E-state index contributed by atoms with van der Waals surface area (Å²) in [5.74, 6) is 5.94. The van der Waals surface area contributed by atoms with Gasteiger partial charge in [0.15, 0.2) is 5.00 Å². The molecule has 1 unspecified atom stereocenters. The second-order valence-electron chi connectivity index (χ2n) is 4.45. The number of sulfonamides is 1. The van der Waals surface area contributed by atoms with Crippen LogP contribution in [0.4, 0.5) is 10.7 Å². The molecule has 1 aromatic heterocycles. The van der Waals surface area contributed by atoms with Crippen molar-refractivity contribution in [3.05, 3.63) is 16.2 Å². The Hall–Kier alpha value is -0.880. The Morgan fingerprint density at radius 3 is 2.86 bits per heavy atom. The van der Waals surface area contributed by atoms with E-state index in [9.17, 15) is 18.5 Å². The van der Waals surface area contributed by atoms with Crippen molar-refractivity contribution in [2.45, 2.75) is 22.8 Å². The molecule has 3 N–H and O–H groups in total. The smallest absolute Gasteiger partial charge is 0.306 e. The predicted octanol–water partition coefficient (Wildman–Crippen LogP) is 1.46. The third-order valence-electron chi connectivity index (χ3n) is 3.17. The largest absolute Gasteiger partial charge is 0.310 e. The van der Waals surface area contributed by atoms with E-state index in [1.54, 1.807) is 11.8 Å². The second-order valence-corrected chi connectivity index (χ2v) is 9.07. The number of thiophene rings is 1. The molecule has 0 aromatic carbocycles. The van der Waals surface area contributed by atoms with Crippen molar-refractivity contribution in [3.63, 3.8) is 0 Å². The molecule has 0 amide bonds. The van der Waals surface area contributed by atoms with E-state index in [0.717, 1.165) is 29.6 Å². The number of anilines is 1. The zero-order valence-electron chi connectivity index (χ0n) is 11.3. The van der Waals surface area contributed by atoms with Gasteiger partial charge in [0, 0.05) is 30.2 Å². The van der Waals surface area contributed by atoms with Crippen molar-refractivity contribution < 1.29 is 13.3 Å². The van der Waals surface area contributed by atoms with Crippen LogP contribution in [0, 0.1) is 10.1 Å². The first-order valence-corrected chi connectivity index (χ1v) is 9.57. The molecule has 0 spiro atoms. The SMILES string of the molecule is CCC1CN(S(=O)(=O)c2cc([N+](=O)[O-])c(NN)s2)CCS1. The number of hydrogen-bond acceptors (Lipinski definition) is 8. The van der Waals surface area contributed by atoms with Crippen LogP contribution in [0.1, 0.15) is 13.3 Å². The van der Waals surface area contributed by atoms with E-state index in [0.29, 0.717) is 13.1 Å². The fourth-order valence-corrected chi connectivity index (χ4v) is 6.28. The highest BCUT2D eigenvalue weighted by Crippen LogP contribution is 2.38. The standard InChI is InChI=1S/C10H16N4O4S3/c1-2-7-6-13(3-4-19-7)21(17,18)9-5-8(14(15)16)10(12-11)20-9/h5,7,12H,2-4,6,11H2,1H3. The van der Waals surface area contributed by atoms with Gasteiger partial charge >= 0.3 is 5.69 Å². The number of hydrazine groups is 1. The Bertz CT molecular complexity index is 630. The molecular formula is C10H16N4O4S3. The molecule has 1 aromatic rings. The summed E-state index contributed by atoms with van der Waals surface area (Å²) in [5.41, 5.74) is 1.86. The van der Waals surface area contributed by atoms with Crippen molar-refractivity contribution in [2.24, 2.45) is 5.84 Å². The molecule has 11 heteroatoms. The van der Waals surface area contributed by atoms with Crippen LogP contribution in [-0.4, -0.2) is 41.7 Å². The lowest BCUT2D eigenvalue weighted by atomic mass is 10.3. The minimum Gasteiger partial charge on any atom is -0.310 e. The van der Waals surface area contributed by atoms with Gasteiger partial charge in [-0.25, -0.2) is 14.3 Å². The van der Waals surface area contributed by atoms with Crippen LogP contribution >= 0.6 is 23.1 Å². The first-order chi connectivity index (χ1) is 9.90. The summed E-state index contributed by atoms with van der Waals surface area (Å²) in [6.07, 6.45) is 0.886. The molecule has 0 saturated carbocycles. The minimum absolute atomic E-state index is 0.0389. The highest BCUT2D eigenvalue weighted by molar-refractivity contribution is 8.00. The summed E-state index contributed by atoms with van der Waals surface area (Å²) in [6, 6.07) is 1.07. The molecule has 21 heavy (non-hydrogen) atoms. The molecule has 1 fully saturated rings. The number of hydrogen-bond donors (Lipinski definition) is 2. The van der Waals surface area contributed by atoms with E-state index in [2.05, 4.69) is 5.43 Å². The molecule has 1 saturated heterocycles. The van der Waals surface area contributed by atoms with Gasteiger partial charge in [-0.05, 0) is 6.42 Å². The highest BCUT2D eigenvalue weighted by Gasteiger charge is 2.33. The molecule has 1 aliphatic heterocycles. The molecule has 0 bridgehead atoms. The number of nitrogens with one attached hydrogen (secondary N) is 1. The summed E-state index contributed by atoms with van der Waals surface area (Å²) < 4.78 is 26.5. The zero-order chi connectivity index (χ0) is 15.6. The van der Waals surface area contributed by atoms with E-state index in [1.807, 2.05) is 6.92 Å². The molecule has 0 radical (unpaired) electrons. The summed E-state index contributed by atoms with van der Waals surface area (Å²) in [5, 5.41) is 11.2. The summed E-state index contributed by atoms with van der Waals surface area (Å²) in [4.78, 5) is 10.3. The highest BCUT2D eigenvalue weighted by atomic mass is 32.2. The minimum atomic E-state index is -3.71. The molecule has 2 rings (SSSR count). The lowest BCUT2D eigenvalue weighted by Gasteiger charge is -2.30. The number of thioether (sulfide) groups is 1. The van der Waals surface area contributed by atoms with Crippen molar-refractivity contribution in [2.75, 3.05) is 24.3 Å². The summed E-state index contributed by atoms with van der Waals surface area (Å²) >= 11 is 2.54. The molecular weight excluding hydrogens is 336 g/mol. The Kier molecular flexibility index (Phi) is 5.09. The molecule has 1 atom stereocenters. The van der Waals surface area contributed by atoms with Crippen LogP contribution in [0.3, 0.4) is 0 Å². The van der Waals surface area contributed by atoms with Gasteiger partial charge in [-0.3, -0.25) is 10.1 Å². The van der Waals surface area contributed by atoms with Crippen LogP contribution in [-0.2, 0) is 10.0 Å². The van der Waals surface area contributed by atoms with Gasteiger partial charge in [-0.1, -0.05) is 18.3 Å².